The first-order valence-corrected chi connectivity index (χ1v) is 27.5. The average Bonchev–Trinajstić information content (AvgIpc) is 3.54. The summed E-state index contributed by atoms with van der Waals surface area (Å²) in [5.41, 5.74) is 8.76. The Labute approximate surface area is 469 Å². The van der Waals surface area contributed by atoms with Crippen LogP contribution in [0.15, 0.2) is 243 Å². The molecule has 9 aromatic rings. The van der Waals surface area contributed by atoms with Crippen LogP contribution in [-0.4, -0.2) is 36.8 Å². The average molecular weight is 1070 g/mol. The maximum Gasteiger partial charge on any atom is 0.187 e. The fourth-order valence-corrected chi connectivity index (χ4v) is 10.1. The van der Waals surface area contributed by atoms with Crippen LogP contribution < -0.4 is 23.7 Å². The van der Waals surface area contributed by atoms with Gasteiger partial charge in [-0.1, -0.05) is 218 Å². The largest absolute Gasteiger partial charge is 0.489 e. The lowest BCUT2D eigenvalue weighted by molar-refractivity contribution is -0.333. The summed E-state index contributed by atoms with van der Waals surface area (Å²) < 4.78 is 69.4. The number of rotatable bonds is 24. The predicted octanol–water partition coefficient (Wildman–Crippen LogP) is 14.6. The molecule has 0 aromatic heterocycles. The molecule has 0 aliphatic carbocycles. The summed E-state index contributed by atoms with van der Waals surface area (Å²) in [5, 5.41) is 0. The summed E-state index contributed by atoms with van der Waals surface area (Å²) in [6.07, 6.45) is -4.47. The Hall–Kier alpha value is -8.22. The fourth-order valence-electron chi connectivity index (χ4n) is 10.1. The van der Waals surface area contributed by atoms with Gasteiger partial charge in [0.25, 0.3) is 0 Å². The third-order valence-electron chi connectivity index (χ3n) is 14.3. The molecule has 0 spiro atoms. The molecule has 2 heterocycles. The lowest BCUT2D eigenvalue weighted by Gasteiger charge is -2.47. The van der Waals surface area contributed by atoms with Crippen molar-refractivity contribution in [3.63, 3.8) is 0 Å². The molecule has 10 nitrogen and oxygen atoms in total. The Morgan fingerprint density at radius 1 is 0.375 bits per heavy atom. The first-order valence-electron chi connectivity index (χ1n) is 27.5. The lowest BCUT2D eigenvalue weighted by atomic mass is 9.92. The van der Waals surface area contributed by atoms with Crippen molar-refractivity contribution in [2.24, 2.45) is 0 Å². The molecule has 80 heavy (non-hydrogen) atoms. The van der Waals surface area contributed by atoms with Crippen LogP contribution in [-0.2, 0) is 76.4 Å². The molecular formula is C70H66O10. The molecule has 1 saturated heterocycles. The second-order valence-electron chi connectivity index (χ2n) is 20.1. The molecule has 7 atom stereocenters. The molecule has 2 aliphatic rings. The maximum atomic E-state index is 7.51. The van der Waals surface area contributed by atoms with Crippen LogP contribution in [0.3, 0.4) is 0 Å². The van der Waals surface area contributed by atoms with Gasteiger partial charge >= 0.3 is 0 Å². The van der Waals surface area contributed by atoms with Crippen molar-refractivity contribution in [1.29, 1.82) is 0 Å². The fraction of sp³-hybridized carbons (Fsp3) is 0.229. The Kier molecular flexibility index (Phi) is 18.2. The third kappa shape index (κ3) is 14.3. The van der Waals surface area contributed by atoms with E-state index >= 15 is 0 Å². The zero-order valence-corrected chi connectivity index (χ0v) is 44.9. The summed E-state index contributed by atoms with van der Waals surface area (Å²) in [6, 6.07) is 80.7. The number of ether oxygens (including phenoxy) is 10. The number of hydrogen-bond donors (Lipinski definition) is 0. The summed E-state index contributed by atoms with van der Waals surface area (Å²) >= 11 is 0. The standard InChI is InChI=1S/C70H66O10/c1-50-66(75-47-55-31-17-6-18-32-55)68(76-48-56-33-19-7-20-34-56)69(77-49-57-35-21-8-22-36-57)70(78-50)80-65-42-60-62(73-45-53-27-13-4-14-28-53)40-59(71-43-51-23-9-2-10-24-51)41-63(60)79-67(65)58-37-38-61(72-44-52-25-11-3-12-26-52)64(39-58)74-46-54-29-15-5-16-30-54/h2-41,50,65-70H,42-49H2,1H3/t50-,65-,66-,67+,68+,69+,70+/m0/s1. The van der Waals surface area contributed by atoms with Gasteiger partial charge in [-0.05, 0) is 63.6 Å². The van der Waals surface area contributed by atoms with Crippen molar-refractivity contribution in [2.75, 3.05) is 0 Å². The molecule has 0 N–H and O–H groups in total. The zero-order chi connectivity index (χ0) is 54.1. The van der Waals surface area contributed by atoms with Crippen molar-refractivity contribution in [3.8, 4) is 28.7 Å². The van der Waals surface area contributed by atoms with E-state index in [4.69, 9.17) is 47.4 Å². The normalized spacial score (nSPS) is 19.5. The van der Waals surface area contributed by atoms with Crippen LogP contribution in [0.5, 0.6) is 28.7 Å². The summed E-state index contributed by atoms with van der Waals surface area (Å²) in [5.74, 6) is 2.97. The molecule has 406 valence electrons. The first-order chi connectivity index (χ1) is 39.5. The highest BCUT2D eigenvalue weighted by Gasteiger charge is 2.50. The quantitative estimate of drug-likeness (QED) is 0.0582. The molecule has 0 bridgehead atoms. The Morgan fingerprint density at radius 2 is 0.775 bits per heavy atom. The van der Waals surface area contributed by atoms with E-state index in [1.165, 1.54) is 0 Å². The van der Waals surface area contributed by atoms with Gasteiger partial charge in [0.15, 0.2) is 23.9 Å². The lowest BCUT2D eigenvalue weighted by Crippen LogP contribution is -2.61. The van der Waals surface area contributed by atoms with E-state index in [0.29, 0.717) is 74.8 Å². The molecule has 0 amide bonds. The molecule has 1 fully saturated rings. The Bertz CT molecular complexity index is 3280. The molecule has 2 aliphatic heterocycles. The van der Waals surface area contributed by atoms with Gasteiger partial charge in [-0.3, -0.25) is 0 Å². The smallest absolute Gasteiger partial charge is 0.187 e. The van der Waals surface area contributed by atoms with E-state index in [1.54, 1.807) is 0 Å². The summed E-state index contributed by atoms with van der Waals surface area (Å²) in [4.78, 5) is 0. The minimum atomic E-state index is -0.965. The van der Waals surface area contributed by atoms with Crippen LogP contribution in [0.4, 0.5) is 0 Å². The van der Waals surface area contributed by atoms with E-state index < -0.39 is 42.9 Å². The van der Waals surface area contributed by atoms with Gasteiger partial charge in [0.1, 0.15) is 68.1 Å². The van der Waals surface area contributed by atoms with Crippen molar-refractivity contribution in [2.45, 2.75) is 103 Å². The SMILES string of the molecule is C[C@@H]1O[C@H](O[C@H]2Cc3c(OCc4ccccc4)cc(OCc4ccccc4)cc3O[C@@H]2c2ccc(OCc3ccccc3)c(OCc3ccccc3)c2)[C@H](OCc2ccccc2)[C@H](OCc2ccccc2)[C@H]1OCc1ccccc1. The Balaban J connectivity index is 0.986. The van der Waals surface area contributed by atoms with Crippen molar-refractivity contribution in [3.05, 3.63) is 293 Å². The first kappa shape index (κ1) is 53.8. The van der Waals surface area contributed by atoms with Crippen LogP contribution in [0.2, 0.25) is 0 Å². The maximum absolute atomic E-state index is 7.51. The van der Waals surface area contributed by atoms with Gasteiger partial charge in [0.05, 0.1) is 25.9 Å². The van der Waals surface area contributed by atoms with Crippen LogP contribution in [0.1, 0.15) is 63.1 Å². The number of benzene rings is 9. The minimum absolute atomic E-state index is 0.267. The topological polar surface area (TPSA) is 92.3 Å². The van der Waals surface area contributed by atoms with Crippen molar-refractivity contribution in [1.82, 2.24) is 0 Å². The monoisotopic (exact) mass is 1070 g/mol. The highest BCUT2D eigenvalue weighted by molar-refractivity contribution is 5.54. The molecular weight excluding hydrogens is 1000 g/mol. The minimum Gasteiger partial charge on any atom is -0.489 e. The third-order valence-corrected chi connectivity index (χ3v) is 14.3. The van der Waals surface area contributed by atoms with Gasteiger partial charge in [-0.2, -0.15) is 0 Å². The molecule has 0 unspecified atom stereocenters. The van der Waals surface area contributed by atoms with Gasteiger partial charge in [-0.15, -0.1) is 0 Å². The van der Waals surface area contributed by atoms with Gasteiger partial charge in [-0.25, -0.2) is 0 Å². The van der Waals surface area contributed by atoms with Gasteiger partial charge < -0.3 is 47.4 Å². The van der Waals surface area contributed by atoms with E-state index in [1.807, 2.05) is 213 Å². The van der Waals surface area contributed by atoms with E-state index in [2.05, 4.69) is 36.4 Å². The molecule has 11 rings (SSSR count). The van der Waals surface area contributed by atoms with Crippen LogP contribution in [0, 0.1) is 0 Å². The van der Waals surface area contributed by atoms with Crippen LogP contribution in [0.25, 0.3) is 0 Å². The predicted molar refractivity (Wildman–Crippen MR) is 307 cm³/mol. The van der Waals surface area contributed by atoms with E-state index in [9.17, 15) is 0 Å². The summed E-state index contributed by atoms with van der Waals surface area (Å²) in [6.45, 7) is 4.28. The second kappa shape index (κ2) is 27.1. The number of hydrogen-bond acceptors (Lipinski definition) is 10. The Morgan fingerprint density at radius 3 is 1.25 bits per heavy atom. The van der Waals surface area contributed by atoms with Gasteiger partial charge in [0.2, 0.25) is 0 Å². The molecule has 10 heteroatoms. The van der Waals surface area contributed by atoms with Gasteiger partial charge in [0, 0.05) is 24.1 Å². The summed E-state index contributed by atoms with van der Waals surface area (Å²) in [7, 11) is 0. The second-order valence-corrected chi connectivity index (χ2v) is 20.1. The molecule has 0 radical (unpaired) electrons. The van der Waals surface area contributed by atoms with E-state index in [0.717, 1.165) is 50.1 Å². The van der Waals surface area contributed by atoms with Crippen molar-refractivity contribution >= 4 is 0 Å². The van der Waals surface area contributed by atoms with Crippen molar-refractivity contribution < 1.29 is 47.4 Å². The highest BCUT2D eigenvalue weighted by atomic mass is 16.7. The number of fused-ring (bicyclic) bond motifs is 1. The molecule has 0 saturated carbocycles. The zero-order valence-electron chi connectivity index (χ0n) is 44.9. The van der Waals surface area contributed by atoms with E-state index in [-0.39, 0.29) is 6.61 Å². The highest BCUT2D eigenvalue weighted by Crippen LogP contribution is 2.46. The van der Waals surface area contributed by atoms with Crippen LogP contribution >= 0.6 is 0 Å². The molecule has 9 aromatic carbocycles.